The normalized spacial score (nSPS) is 42.8. The summed E-state index contributed by atoms with van der Waals surface area (Å²) in [6, 6.07) is 0. The number of ketones is 1. The van der Waals surface area contributed by atoms with E-state index in [2.05, 4.69) is 20.4 Å². The summed E-state index contributed by atoms with van der Waals surface area (Å²) in [6.07, 6.45) is 1.14. The summed E-state index contributed by atoms with van der Waals surface area (Å²) in [5.41, 5.74) is 1.22. The zero-order chi connectivity index (χ0) is 13.7. The monoisotopic (exact) mass is 250 g/mol. The van der Waals surface area contributed by atoms with Crippen LogP contribution in [0.4, 0.5) is 0 Å². The van der Waals surface area contributed by atoms with Gasteiger partial charge in [-0.1, -0.05) is 26.5 Å². The van der Waals surface area contributed by atoms with Crippen LogP contribution < -0.4 is 0 Å². The van der Waals surface area contributed by atoms with E-state index in [0.29, 0.717) is 11.1 Å². The molecule has 0 aromatic heterocycles. The molecule has 4 atom stereocenters. The first-order chi connectivity index (χ1) is 8.25. The molecule has 2 rings (SSSR count). The van der Waals surface area contributed by atoms with Gasteiger partial charge >= 0.3 is 0 Å². The van der Waals surface area contributed by atoms with E-state index in [-0.39, 0.29) is 29.5 Å². The smallest absolute Gasteiger partial charge is 0.162 e. The van der Waals surface area contributed by atoms with Gasteiger partial charge in [-0.05, 0) is 41.7 Å². The van der Waals surface area contributed by atoms with Gasteiger partial charge in [-0.3, -0.25) is 4.79 Å². The van der Waals surface area contributed by atoms with E-state index in [4.69, 9.17) is 0 Å². The van der Waals surface area contributed by atoms with Crippen molar-refractivity contribution in [2.24, 2.45) is 17.3 Å². The third-order valence-corrected chi connectivity index (χ3v) is 4.66. The summed E-state index contributed by atoms with van der Waals surface area (Å²) >= 11 is 0. The van der Waals surface area contributed by atoms with Gasteiger partial charge in [0, 0.05) is 6.42 Å². The summed E-state index contributed by atoms with van der Waals surface area (Å²) in [7, 11) is 0. The topological polar surface area (TPSA) is 57.5 Å². The Morgan fingerprint density at radius 2 is 2.00 bits per heavy atom. The van der Waals surface area contributed by atoms with E-state index < -0.39 is 12.2 Å². The standard InChI is InChI=1S/C15H22O3/c1-8-5-6-11(16)9(2)10-7-15(3,4)12(10)14(18)13(8)17/h5,10,12-14,17-18H,2,6-7H2,1,3-4H3/b8-5+/t10-,12-,13-,14+/m1/s1. The van der Waals surface area contributed by atoms with Gasteiger partial charge in [0.15, 0.2) is 5.78 Å². The second kappa shape index (κ2) is 4.32. The molecular formula is C15H22O3. The molecule has 0 bridgehead atoms. The lowest BCUT2D eigenvalue weighted by molar-refractivity contribution is -0.126. The van der Waals surface area contributed by atoms with E-state index in [0.717, 1.165) is 6.42 Å². The van der Waals surface area contributed by atoms with Crippen LogP contribution in [0.25, 0.3) is 0 Å². The molecular weight excluding hydrogens is 228 g/mol. The van der Waals surface area contributed by atoms with Gasteiger partial charge in [0.25, 0.3) is 0 Å². The van der Waals surface area contributed by atoms with Gasteiger partial charge < -0.3 is 10.2 Å². The third-order valence-electron chi connectivity index (χ3n) is 4.66. The van der Waals surface area contributed by atoms with Crippen LogP contribution in [-0.2, 0) is 4.79 Å². The first-order valence-corrected chi connectivity index (χ1v) is 6.50. The first-order valence-electron chi connectivity index (χ1n) is 6.50. The van der Waals surface area contributed by atoms with Crippen molar-refractivity contribution < 1.29 is 15.0 Å². The second-order valence-electron chi connectivity index (χ2n) is 6.36. The molecule has 1 fully saturated rings. The minimum atomic E-state index is -0.879. The van der Waals surface area contributed by atoms with E-state index >= 15 is 0 Å². The summed E-state index contributed by atoms with van der Waals surface area (Å²) in [4.78, 5) is 12.0. The Bertz CT molecular complexity index is 419. The molecule has 2 aliphatic carbocycles. The van der Waals surface area contributed by atoms with E-state index in [9.17, 15) is 15.0 Å². The van der Waals surface area contributed by atoms with Crippen molar-refractivity contribution in [3.05, 3.63) is 23.8 Å². The highest BCUT2D eigenvalue weighted by Gasteiger charge is 2.54. The molecule has 0 saturated heterocycles. The summed E-state index contributed by atoms with van der Waals surface area (Å²) in [5.74, 6) is -0.0528. The number of carbonyl (C=O) groups excluding carboxylic acids is 1. The molecule has 18 heavy (non-hydrogen) atoms. The number of hydrogen-bond donors (Lipinski definition) is 2. The van der Waals surface area contributed by atoms with Gasteiger partial charge in [0.05, 0.1) is 6.10 Å². The Labute approximate surface area is 108 Å². The van der Waals surface area contributed by atoms with Crippen molar-refractivity contribution in [3.63, 3.8) is 0 Å². The Morgan fingerprint density at radius 3 is 2.56 bits per heavy atom. The minimum Gasteiger partial charge on any atom is -0.390 e. The van der Waals surface area contributed by atoms with Crippen molar-refractivity contribution in [1.29, 1.82) is 0 Å². The molecule has 0 unspecified atom stereocenters. The summed E-state index contributed by atoms with van der Waals surface area (Å²) < 4.78 is 0. The van der Waals surface area contributed by atoms with E-state index in [1.165, 1.54) is 0 Å². The number of allylic oxidation sites excluding steroid dienone is 2. The Kier molecular flexibility index (Phi) is 3.24. The van der Waals surface area contributed by atoms with Crippen LogP contribution in [0.15, 0.2) is 23.8 Å². The average molecular weight is 250 g/mol. The van der Waals surface area contributed by atoms with E-state index in [1.54, 1.807) is 13.0 Å². The molecule has 0 spiro atoms. The lowest BCUT2D eigenvalue weighted by Crippen LogP contribution is -2.54. The molecule has 100 valence electrons. The molecule has 0 heterocycles. The fourth-order valence-electron chi connectivity index (χ4n) is 3.43. The van der Waals surface area contributed by atoms with Crippen molar-refractivity contribution >= 4 is 5.78 Å². The maximum absolute atomic E-state index is 12.0. The van der Waals surface area contributed by atoms with Crippen molar-refractivity contribution in [2.75, 3.05) is 0 Å². The minimum absolute atomic E-state index is 0.0106. The van der Waals surface area contributed by atoms with Gasteiger partial charge in [-0.15, -0.1) is 0 Å². The van der Waals surface area contributed by atoms with Crippen molar-refractivity contribution in [3.8, 4) is 0 Å². The number of aliphatic hydroxyl groups excluding tert-OH is 2. The molecule has 2 aliphatic rings. The number of carbonyl (C=O) groups is 1. The van der Waals surface area contributed by atoms with Gasteiger partial charge in [-0.2, -0.15) is 0 Å². The highest BCUT2D eigenvalue weighted by Crippen LogP contribution is 2.56. The van der Waals surface area contributed by atoms with Crippen LogP contribution in [-0.4, -0.2) is 28.2 Å². The quantitative estimate of drug-likeness (QED) is 0.509. The molecule has 0 aliphatic heterocycles. The van der Waals surface area contributed by atoms with Crippen molar-refractivity contribution in [2.45, 2.75) is 45.8 Å². The first kappa shape index (κ1) is 13.5. The maximum atomic E-state index is 12.0. The van der Waals surface area contributed by atoms with Crippen LogP contribution in [0.1, 0.15) is 33.6 Å². The molecule has 2 N–H and O–H groups in total. The molecule has 0 radical (unpaired) electrons. The summed E-state index contributed by atoms with van der Waals surface area (Å²) in [5, 5.41) is 20.5. The molecule has 1 saturated carbocycles. The Morgan fingerprint density at radius 1 is 1.39 bits per heavy atom. The lowest BCUT2D eigenvalue weighted by Gasteiger charge is -2.54. The number of fused-ring (bicyclic) bond motifs is 1. The van der Waals surface area contributed by atoms with Gasteiger partial charge in [-0.25, -0.2) is 0 Å². The van der Waals surface area contributed by atoms with Crippen molar-refractivity contribution in [1.82, 2.24) is 0 Å². The molecule has 0 amide bonds. The fraction of sp³-hybridized carbons (Fsp3) is 0.667. The highest BCUT2D eigenvalue weighted by atomic mass is 16.3. The number of hydrogen-bond acceptors (Lipinski definition) is 3. The molecule has 0 aromatic rings. The number of Topliss-reactive ketones (excluding diaryl/α,β-unsaturated/α-hetero) is 1. The highest BCUT2D eigenvalue weighted by molar-refractivity contribution is 5.96. The molecule has 3 heteroatoms. The number of rotatable bonds is 0. The third kappa shape index (κ3) is 1.95. The lowest BCUT2D eigenvalue weighted by atomic mass is 9.51. The average Bonchev–Trinajstić information content (AvgIpc) is 2.31. The Balaban J connectivity index is 2.38. The largest absolute Gasteiger partial charge is 0.390 e. The van der Waals surface area contributed by atoms with Gasteiger partial charge in [0.1, 0.15) is 6.10 Å². The van der Waals surface area contributed by atoms with Crippen LogP contribution in [0.5, 0.6) is 0 Å². The zero-order valence-electron chi connectivity index (χ0n) is 11.3. The SMILES string of the molecule is C=C1C(=O)C/C=C(\C)[C@@H](O)[C@@H](O)[C@H]2[C@@H]1CC2(C)C. The summed E-state index contributed by atoms with van der Waals surface area (Å²) in [6.45, 7) is 9.80. The van der Waals surface area contributed by atoms with Gasteiger partial charge in [0.2, 0.25) is 0 Å². The van der Waals surface area contributed by atoms with Crippen LogP contribution in [0.3, 0.4) is 0 Å². The van der Waals surface area contributed by atoms with Crippen LogP contribution in [0.2, 0.25) is 0 Å². The predicted octanol–water partition coefficient (Wildman–Crippen LogP) is 1.85. The fourth-order valence-corrected chi connectivity index (χ4v) is 3.43. The van der Waals surface area contributed by atoms with Crippen LogP contribution in [0, 0.1) is 17.3 Å². The predicted molar refractivity (Wildman–Crippen MR) is 69.9 cm³/mol. The van der Waals surface area contributed by atoms with Crippen LogP contribution >= 0.6 is 0 Å². The van der Waals surface area contributed by atoms with E-state index in [1.807, 2.05) is 0 Å². The number of aliphatic hydroxyl groups is 2. The zero-order valence-corrected chi connectivity index (χ0v) is 11.3. The second-order valence-corrected chi connectivity index (χ2v) is 6.36. The Hall–Kier alpha value is -0.930. The molecule has 3 nitrogen and oxygen atoms in total. The maximum Gasteiger partial charge on any atom is 0.162 e. The molecule has 0 aromatic carbocycles.